The molecule has 1 aliphatic heterocycles. The summed E-state index contributed by atoms with van der Waals surface area (Å²) in [6.45, 7) is 6.46. The number of carbonyl (C=O) groups excluding carboxylic acids is 1. The van der Waals surface area contributed by atoms with Gasteiger partial charge in [-0.3, -0.25) is 4.98 Å². The molecule has 0 bridgehead atoms. The lowest BCUT2D eigenvalue weighted by Crippen LogP contribution is -2.40. The molecule has 5 nitrogen and oxygen atoms in total. The van der Waals surface area contributed by atoms with Crippen LogP contribution in [0, 0.1) is 0 Å². The Morgan fingerprint density at radius 1 is 1.33 bits per heavy atom. The molecule has 1 atom stereocenters. The molecule has 1 aromatic heterocycles. The van der Waals surface area contributed by atoms with Crippen LogP contribution in [-0.2, 0) is 4.74 Å². The average Bonchev–Trinajstić information content (AvgIpc) is 3.00. The summed E-state index contributed by atoms with van der Waals surface area (Å²) in [7, 11) is 0. The summed E-state index contributed by atoms with van der Waals surface area (Å²) in [6.07, 6.45) is 3.62. The predicted molar refractivity (Wildman–Crippen MR) is 96.2 cm³/mol. The number of thioether (sulfide) groups is 1. The molecule has 2 aromatic rings. The van der Waals surface area contributed by atoms with E-state index in [2.05, 4.69) is 9.97 Å². The number of nitrogens with zero attached hydrogens (tertiary/aromatic N) is 3. The summed E-state index contributed by atoms with van der Waals surface area (Å²) in [5.41, 5.74) is 1.34. The molecule has 0 spiro atoms. The van der Waals surface area contributed by atoms with Gasteiger partial charge in [0.15, 0.2) is 0 Å². The molecule has 1 aromatic carbocycles. The van der Waals surface area contributed by atoms with Crippen LogP contribution in [0.25, 0.3) is 11.0 Å². The second-order valence-corrected chi connectivity index (χ2v) is 8.02. The molecule has 2 heterocycles. The van der Waals surface area contributed by atoms with Crippen molar-refractivity contribution in [2.45, 2.75) is 50.3 Å². The maximum absolute atomic E-state index is 12.3. The van der Waals surface area contributed by atoms with Crippen molar-refractivity contribution in [2.24, 2.45) is 0 Å². The van der Waals surface area contributed by atoms with Gasteiger partial charge in [0.2, 0.25) is 0 Å². The van der Waals surface area contributed by atoms with Crippen LogP contribution < -0.4 is 0 Å². The molecule has 0 radical (unpaired) electrons. The second kappa shape index (κ2) is 6.97. The standard InChI is InChI=1S/C18H23N3O2S/c1-18(2,3)23-17(22)21-10-6-7-13(21)12-24-16-11-19-14-8-4-5-9-15(14)20-16/h4-5,8-9,11,13H,6-7,10,12H2,1-3H3. The molecule has 3 rings (SSSR count). The zero-order valence-corrected chi connectivity index (χ0v) is 15.2. The van der Waals surface area contributed by atoms with Crippen molar-refractivity contribution in [3.05, 3.63) is 30.5 Å². The lowest BCUT2D eigenvalue weighted by Gasteiger charge is -2.28. The summed E-state index contributed by atoms with van der Waals surface area (Å²) in [6, 6.07) is 8.04. The fourth-order valence-corrected chi connectivity index (χ4v) is 3.76. The largest absolute Gasteiger partial charge is 0.444 e. The minimum atomic E-state index is -0.457. The molecule has 1 saturated heterocycles. The van der Waals surface area contributed by atoms with Crippen LogP contribution in [0.15, 0.2) is 35.5 Å². The van der Waals surface area contributed by atoms with Gasteiger partial charge in [-0.05, 0) is 45.7 Å². The average molecular weight is 345 g/mol. The van der Waals surface area contributed by atoms with Gasteiger partial charge in [0.1, 0.15) is 10.6 Å². The molecule has 6 heteroatoms. The summed E-state index contributed by atoms with van der Waals surface area (Å²) in [4.78, 5) is 23.2. The monoisotopic (exact) mass is 345 g/mol. The third-order valence-electron chi connectivity index (χ3n) is 3.86. The third-order valence-corrected chi connectivity index (χ3v) is 4.90. The first kappa shape index (κ1) is 17.0. The molecule has 0 N–H and O–H groups in total. The number of amides is 1. The molecule has 1 fully saturated rings. The van der Waals surface area contributed by atoms with E-state index in [-0.39, 0.29) is 12.1 Å². The molecule has 1 amide bonds. The van der Waals surface area contributed by atoms with Crippen molar-refractivity contribution in [1.29, 1.82) is 0 Å². The number of rotatable bonds is 3. The Hall–Kier alpha value is -1.82. The third kappa shape index (κ3) is 4.17. The van der Waals surface area contributed by atoms with E-state index in [0.29, 0.717) is 0 Å². The van der Waals surface area contributed by atoms with E-state index in [0.717, 1.165) is 41.2 Å². The van der Waals surface area contributed by atoms with E-state index in [1.165, 1.54) is 0 Å². The van der Waals surface area contributed by atoms with Gasteiger partial charge in [0.25, 0.3) is 0 Å². The van der Waals surface area contributed by atoms with Crippen molar-refractivity contribution in [3.8, 4) is 0 Å². The van der Waals surface area contributed by atoms with Crippen molar-refractivity contribution in [3.63, 3.8) is 0 Å². The van der Waals surface area contributed by atoms with Crippen LogP contribution in [0.4, 0.5) is 4.79 Å². The van der Waals surface area contributed by atoms with Gasteiger partial charge in [0, 0.05) is 18.3 Å². The molecule has 24 heavy (non-hydrogen) atoms. The Labute approximate surface area is 146 Å². The van der Waals surface area contributed by atoms with E-state index < -0.39 is 5.60 Å². The maximum Gasteiger partial charge on any atom is 0.410 e. The first-order valence-corrected chi connectivity index (χ1v) is 9.25. The van der Waals surface area contributed by atoms with Crippen LogP contribution in [0.2, 0.25) is 0 Å². The van der Waals surface area contributed by atoms with E-state index in [1.54, 1.807) is 18.0 Å². The number of hydrogen-bond acceptors (Lipinski definition) is 5. The number of ether oxygens (including phenoxy) is 1. The van der Waals surface area contributed by atoms with E-state index in [1.807, 2.05) is 49.9 Å². The molecular weight excluding hydrogens is 322 g/mol. The van der Waals surface area contributed by atoms with Gasteiger partial charge in [-0.25, -0.2) is 9.78 Å². The number of aromatic nitrogens is 2. The number of hydrogen-bond donors (Lipinski definition) is 0. The summed E-state index contributed by atoms with van der Waals surface area (Å²) in [5.74, 6) is 0.812. The highest BCUT2D eigenvalue weighted by Crippen LogP contribution is 2.26. The zero-order valence-electron chi connectivity index (χ0n) is 14.4. The minimum absolute atomic E-state index is 0.193. The van der Waals surface area contributed by atoms with Crippen molar-refractivity contribution >= 4 is 28.9 Å². The van der Waals surface area contributed by atoms with Crippen molar-refractivity contribution in [2.75, 3.05) is 12.3 Å². The van der Waals surface area contributed by atoms with E-state index in [9.17, 15) is 4.79 Å². The van der Waals surface area contributed by atoms with Gasteiger partial charge in [0.05, 0.1) is 17.2 Å². The first-order valence-electron chi connectivity index (χ1n) is 8.26. The molecule has 0 aliphatic carbocycles. The lowest BCUT2D eigenvalue weighted by atomic mass is 10.2. The van der Waals surface area contributed by atoms with Crippen molar-refractivity contribution in [1.82, 2.24) is 14.9 Å². The minimum Gasteiger partial charge on any atom is -0.444 e. The number of fused-ring (bicyclic) bond motifs is 1. The van der Waals surface area contributed by atoms with Crippen LogP contribution in [-0.4, -0.2) is 44.9 Å². The smallest absolute Gasteiger partial charge is 0.410 e. The van der Waals surface area contributed by atoms with Gasteiger partial charge in [-0.15, -0.1) is 11.8 Å². The van der Waals surface area contributed by atoms with Gasteiger partial charge in [-0.1, -0.05) is 12.1 Å². The van der Waals surface area contributed by atoms with Gasteiger partial charge >= 0.3 is 6.09 Å². The van der Waals surface area contributed by atoms with Crippen LogP contribution >= 0.6 is 11.8 Å². The number of benzene rings is 1. The second-order valence-electron chi connectivity index (χ2n) is 6.98. The fourth-order valence-electron chi connectivity index (χ4n) is 2.76. The van der Waals surface area contributed by atoms with E-state index in [4.69, 9.17) is 4.74 Å². The highest BCUT2D eigenvalue weighted by Gasteiger charge is 2.32. The lowest BCUT2D eigenvalue weighted by molar-refractivity contribution is 0.0242. The van der Waals surface area contributed by atoms with Crippen LogP contribution in [0.3, 0.4) is 0 Å². The molecule has 1 aliphatic rings. The summed E-state index contributed by atoms with van der Waals surface area (Å²) >= 11 is 1.65. The first-order chi connectivity index (χ1) is 11.4. The highest BCUT2D eigenvalue weighted by atomic mass is 32.2. The predicted octanol–water partition coefficient (Wildman–Crippen LogP) is 4.12. The zero-order chi connectivity index (χ0) is 17.2. The Kier molecular flexibility index (Phi) is 4.94. The summed E-state index contributed by atoms with van der Waals surface area (Å²) in [5, 5.41) is 0.893. The van der Waals surface area contributed by atoms with Gasteiger partial charge in [-0.2, -0.15) is 0 Å². The number of likely N-dealkylation sites (tertiary alicyclic amines) is 1. The maximum atomic E-state index is 12.3. The Balaban J connectivity index is 1.63. The Morgan fingerprint density at radius 2 is 2.08 bits per heavy atom. The molecular formula is C18H23N3O2S. The van der Waals surface area contributed by atoms with E-state index >= 15 is 0 Å². The Morgan fingerprint density at radius 3 is 2.83 bits per heavy atom. The fraction of sp³-hybridized carbons (Fsp3) is 0.500. The normalized spacial score (nSPS) is 18.1. The highest BCUT2D eigenvalue weighted by molar-refractivity contribution is 7.99. The molecule has 1 unspecified atom stereocenters. The number of para-hydroxylation sites is 2. The van der Waals surface area contributed by atoms with Crippen LogP contribution in [0.1, 0.15) is 33.6 Å². The number of carbonyl (C=O) groups is 1. The Bertz CT molecular complexity index is 730. The van der Waals surface area contributed by atoms with Crippen molar-refractivity contribution < 1.29 is 9.53 Å². The molecule has 128 valence electrons. The molecule has 0 saturated carbocycles. The SMILES string of the molecule is CC(C)(C)OC(=O)N1CCCC1CSc1cnc2ccccc2n1. The van der Waals surface area contributed by atoms with Crippen LogP contribution in [0.5, 0.6) is 0 Å². The quantitative estimate of drug-likeness (QED) is 0.783. The van der Waals surface area contributed by atoms with Gasteiger partial charge < -0.3 is 9.64 Å². The topological polar surface area (TPSA) is 55.3 Å². The summed E-state index contributed by atoms with van der Waals surface area (Å²) < 4.78 is 5.51.